The summed E-state index contributed by atoms with van der Waals surface area (Å²) >= 11 is 0. The number of carbonyl (C=O) groups excluding carboxylic acids is 3. The minimum absolute atomic E-state index is 0.0286. The lowest BCUT2D eigenvalue weighted by Gasteiger charge is -2.16. The van der Waals surface area contributed by atoms with Crippen molar-refractivity contribution in [3.8, 4) is 0 Å². The van der Waals surface area contributed by atoms with Gasteiger partial charge in [0, 0.05) is 30.1 Å². The highest BCUT2D eigenvalue weighted by molar-refractivity contribution is 6.02. The molecule has 0 saturated carbocycles. The van der Waals surface area contributed by atoms with Crippen molar-refractivity contribution in [1.82, 2.24) is 5.16 Å². The van der Waals surface area contributed by atoms with Gasteiger partial charge < -0.3 is 14.2 Å². The second kappa shape index (κ2) is 7.73. The first-order valence-corrected chi connectivity index (χ1v) is 8.95. The summed E-state index contributed by atoms with van der Waals surface area (Å²) in [5, 5.41) is 3.81. The van der Waals surface area contributed by atoms with Crippen LogP contribution in [0.4, 0.5) is 5.69 Å². The number of Topliss-reactive ketones (excluding diaryl/α,β-unsaturated/α-hetero) is 1. The van der Waals surface area contributed by atoms with E-state index in [0.717, 1.165) is 6.42 Å². The smallest absolute Gasteiger partial charge is 0.344 e. The van der Waals surface area contributed by atoms with E-state index in [-0.39, 0.29) is 23.2 Å². The molecule has 0 aliphatic carbocycles. The molecule has 0 spiro atoms. The molecule has 2 heterocycles. The standard InChI is InChI=1S/C20H22N2O5/c1-12(2)19-18(13(3)21-27-19)20(25)26-11-16(23)14-6-4-7-15(10-14)22-9-5-8-17(22)24/h4,6-7,10,12H,5,8-9,11H2,1-3H3. The Labute approximate surface area is 157 Å². The maximum absolute atomic E-state index is 12.5. The number of ketones is 1. The Kier molecular flexibility index (Phi) is 5.39. The van der Waals surface area contributed by atoms with Crippen LogP contribution in [0.3, 0.4) is 0 Å². The minimum Gasteiger partial charge on any atom is -0.454 e. The molecule has 3 rings (SSSR count). The normalized spacial score (nSPS) is 14.1. The first kappa shape index (κ1) is 18.8. The monoisotopic (exact) mass is 370 g/mol. The summed E-state index contributed by atoms with van der Waals surface area (Å²) in [5.41, 5.74) is 1.79. The Hall–Kier alpha value is -2.96. The zero-order chi connectivity index (χ0) is 19.6. The van der Waals surface area contributed by atoms with E-state index in [0.29, 0.717) is 35.7 Å². The molecular weight excluding hydrogens is 348 g/mol. The van der Waals surface area contributed by atoms with Crippen LogP contribution >= 0.6 is 0 Å². The Morgan fingerprint density at radius 2 is 2.11 bits per heavy atom. The molecule has 7 nitrogen and oxygen atoms in total. The van der Waals surface area contributed by atoms with Gasteiger partial charge in [0.1, 0.15) is 5.56 Å². The number of nitrogens with zero attached hydrogens (tertiary/aromatic N) is 2. The van der Waals surface area contributed by atoms with Crippen LogP contribution in [0.2, 0.25) is 0 Å². The predicted molar refractivity (Wildman–Crippen MR) is 98.0 cm³/mol. The topological polar surface area (TPSA) is 89.7 Å². The van der Waals surface area contributed by atoms with E-state index in [1.165, 1.54) is 0 Å². The van der Waals surface area contributed by atoms with Gasteiger partial charge in [-0.15, -0.1) is 0 Å². The van der Waals surface area contributed by atoms with E-state index in [9.17, 15) is 14.4 Å². The fourth-order valence-electron chi connectivity index (χ4n) is 3.08. The van der Waals surface area contributed by atoms with Crippen LogP contribution in [-0.2, 0) is 9.53 Å². The summed E-state index contributed by atoms with van der Waals surface area (Å²) in [6.45, 7) is 5.68. The minimum atomic E-state index is -0.628. The van der Waals surface area contributed by atoms with Gasteiger partial charge in [0.2, 0.25) is 5.91 Å². The second-order valence-corrected chi connectivity index (χ2v) is 6.86. The number of benzene rings is 1. The van der Waals surface area contributed by atoms with Crippen LogP contribution < -0.4 is 4.90 Å². The number of hydrogen-bond donors (Lipinski definition) is 0. The van der Waals surface area contributed by atoms with Gasteiger partial charge in [-0.25, -0.2) is 4.79 Å². The maximum atomic E-state index is 12.5. The van der Waals surface area contributed by atoms with E-state index in [1.807, 2.05) is 13.8 Å². The number of esters is 1. The van der Waals surface area contributed by atoms with Gasteiger partial charge in [0.15, 0.2) is 18.2 Å². The first-order chi connectivity index (χ1) is 12.9. The van der Waals surface area contributed by atoms with Gasteiger partial charge in [-0.2, -0.15) is 0 Å². The molecule has 0 radical (unpaired) electrons. The summed E-state index contributed by atoms with van der Waals surface area (Å²) in [6.07, 6.45) is 1.33. The van der Waals surface area contributed by atoms with Crippen molar-refractivity contribution in [2.24, 2.45) is 0 Å². The summed E-state index contributed by atoms with van der Waals surface area (Å²) < 4.78 is 10.4. The van der Waals surface area contributed by atoms with Crippen LogP contribution in [0, 0.1) is 6.92 Å². The van der Waals surface area contributed by atoms with Crippen molar-refractivity contribution in [3.05, 3.63) is 46.8 Å². The SMILES string of the molecule is Cc1noc(C(C)C)c1C(=O)OCC(=O)c1cccc(N2CCCC2=O)c1. The summed E-state index contributed by atoms with van der Waals surface area (Å²) in [5.74, 6) is -0.498. The van der Waals surface area contributed by atoms with E-state index in [4.69, 9.17) is 9.26 Å². The molecule has 0 unspecified atom stereocenters. The summed E-state index contributed by atoms with van der Waals surface area (Å²) in [4.78, 5) is 38.4. The first-order valence-electron chi connectivity index (χ1n) is 8.95. The number of rotatable bonds is 6. The molecule has 27 heavy (non-hydrogen) atoms. The Bertz CT molecular complexity index is 884. The molecule has 2 aromatic rings. The second-order valence-electron chi connectivity index (χ2n) is 6.86. The number of amides is 1. The molecule has 7 heteroatoms. The molecule has 1 aromatic heterocycles. The lowest BCUT2D eigenvalue weighted by atomic mass is 10.1. The predicted octanol–water partition coefficient (Wildman–Crippen LogP) is 3.27. The molecule has 1 saturated heterocycles. The number of aryl methyl sites for hydroxylation is 1. The van der Waals surface area contributed by atoms with Gasteiger partial charge >= 0.3 is 5.97 Å². The molecule has 1 fully saturated rings. The molecule has 0 bridgehead atoms. The molecule has 142 valence electrons. The third kappa shape index (κ3) is 3.92. The average Bonchev–Trinajstić information content (AvgIpc) is 3.25. The number of ether oxygens (including phenoxy) is 1. The molecule has 1 aliphatic rings. The highest BCUT2D eigenvalue weighted by Crippen LogP contribution is 2.24. The number of anilines is 1. The van der Waals surface area contributed by atoms with Gasteiger partial charge in [-0.3, -0.25) is 9.59 Å². The fraction of sp³-hybridized carbons (Fsp3) is 0.400. The van der Waals surface area contributed by atoms with Gasteiger partial charge in [0.05, 0.1) is 5.69 Å². The molecule has 0 atom stereocenters. The largest absolute Gasteiger partial charge is 0.454 e. The molecule has 1 aromatic carbocycles. The average molecular weight is 370 g/mol. The third-order valence-corrected chi connectivity index (χ3v) is 4.51. The lowest BCUT2D eigenvalue weighted by Crippen LogP contribution is -2.24. The maximum Gasteiger partial charge on any atom is 0.344 e. The quantitative estimate of drug-likeness (QED) is 0.573. The van der Waals surface area contributed by atoms with E-state index >= 15 is 0 Å². The fourth-order valence-corrected chi connectivity index (χ4v) is 3.08. The van der Waals surface area contributed by atoms with E-state index in [2.05, 4.69) is 5.16 Å². The summed E-state index contributed by atoms with van der Waals surface area (Å²) in [7, 11) is 0. The van der Waals surface area contributed by atoms with Crippen molar-refractivity contribution >= 4 is 23.3 Å². The van der Waals surface area contributed by atoms with Crippen LogP contribution in [0.1, 0.15) is 64.8 Å². The van der Waals surface area contributed by atoms with E-state index < -0.39 is 12.6 Å². The van der Waals surface area contributed by atoms with Gasteiger partial charge in [0.25, 0.3) is 0 Å². The zero-order valence-corrected chi connectivity index (χ0v) is 15.7. The number of aromatic nitrogens is 1. The van der Waals surface area contributed by atoms with Crippen LogP contribution in [-0.4, -0.2) is 36.0 Å². The highest BCUT2D eigenvalue weighted by Gasteiger charge is 2.25. The number of carbonyl (C=O) groups is 3. The van der Waals surface area contributed by atoms with Crippen LogP contribution in [0.25, 0.3) is 0 Å². The van der Waals surface area contributed by atoms with Crippen molar-refractivity contribution in [3.63, 3.8) is 0 Å². The number of hydrogen-bond acceptors (Lipinski definition) is 6. The van der Waals surface area contributed by atoms with Gasteiger partial charge in [-0.05, 0) is 25.5 Å². The van der Waals surface area contributed by atoms with Crippen LogP contribution in [0.15, 0.2) is 28.8 Å². The highest BCUT2D eigenvalue weighted by atomic mass is 16.5. The molecule has 0 N–H and O–H groups in total. The molecular formula is C20H22N2O5. The lowest BCUT2D eigenvalue weighted by molar-refractivity contribution is -0.117. The van der Waals surface area contributed by atoms with Gasteiger partial charge in [-0.1, -0.05) is 31.1 Å². The molecule has 1 aliphatic heterocycles. The zero-order valence-electron chi connectivity index (χ0n) is 15.7. The van der Waals surface area contributed by atoms with E-state index in [1.54, 1.807) is 36.1 Å². The summed E-state index contributed by atoms with van der Waals surface area (Å²) in [6, 6.07) is 6.81. The van der Waals surface area contributed by atoms with Crippen molar-refractivity contribution in [2.75, 3.05) is 18.1 Å². The third-order valence-electron chi connectivity index (χ3n) is 4.51. The Morgan fingerprint density at radius 1 is 1.33 bits per heavy atom. The van der Waals surface area contributed by atoms with Crippen molar-refractivity contribution < 1.29 is 23.6 Å². The Balaban J connectivity index is 1.69. The van der Waals surface area contributed by atoms with Crippen molar-refractivity contribution in [1.29, 1.82) is 0 Å². The van der Waals surface area contributed by atoms with Crippen LogP contribution in [0.5, 0.6) is 0 Å². The molecule has 1 amide bonds. The Morgan fingerprint density at radius 3 is 2.78 bits per heavy atom. The van der Waals surface area contributed by atoms with Crippen molar-refractivity contribution in [2.45, 2.75) is 39.5 Å².